The molecule has 2 rings (SSSR count). The molecule has 0 spiro atoms. The fourth-order valence-electron chi connectivity index (χ4n) is 1.63. The number of anilines is 1. The van der Waals surface area contributed by atoms with Gasteiger partial charge in [-0.3, -0.25) is 9.48 Å². The first kappa shape index (κ1) is 14.1. The van der Waals surface area contributed by atoms with Crippen LogP contribution >= 0.6 is 27.5 Å². The average molecular weight is 343 g/mol. The number of hydrogen-bond donors (Lipinski definition) is 1. The third kappa shape index (κ3) is 3.16. The molecule has 1 N–H and O–H groups in total. The SMILES string of the molecule is Cc1c(Cl)cccc1NC(=O)C(C)n1cc(Br)cn1. The Hall–Kier alpha value is -1.33. The molecule has 0 bridgehead atoms. The van der Waals surface area contributed by atoms with Gasteiger partial charge in [0.2, 0.25) is 5.91 Å². The van der Waals surface area contributed by atoms with Gasteiger partial charge in [-0.25, -0.2) is 0 Å². The third-order valence-electron chi connectivity index (χ3n) is 2.87. The second kappa shape index (κ2) is 5.75. The molecule has 0 radical (unpaired) electrons. The van der Waals surface area contributed by atoms with Gasteiger partial charge in [-0.15, -0.1) is 0 Å². The van der Waals surface area contributed by atoms with Gasteiger partial charge < -0.3 is 5.32 Å². The quantitative estimate of drug-likeness (QED) is 0.922. The van der Waals surface area contributed by atoms with E-state index in [0.717, 1.165) is 15.7 Å². The number of aromatic nitrogens is 2. The zero-order valence-corrected chi connectivity index (χ0v) is 12.9. The second-order valence-corrected chi connectivity index (χ2v) is 5.54. The van der Waals surface area contributed by atoms with E-state index in [4.69, 9.17) is 11.6 Å². The molecule has 0 fully saturated rings. The standard InChI is InChI=1S/C13H13BrClN3O/c1-8-11(15)4-3-5-12(8)17-13(19)9(2)18-7-10(14)6-16-18/h3-7,9H,1-2H3,(H,17,19). The van der Waals surface area contributed by atoms with Crippen molar-refractivity contribution in [2.75, 3.05) is 5.32 Å². The monoisotopic (exact) mass is 341 g/mol. The molecule has 4 nitrogen and oxygen atoms in total. The second-order valence-electron chi connectivity index (χ2n) is 4.22. The molecular formula is C13H13BrClN3O. The molecule has 0 aliphatic carbocycles. The van der Waals surface area contributed by atoms with Gasteiger partial charge >= 0.3 is 0 Å². The summed E-state index contributed by atoms with van der Waals surface area (Å²) in [6, 6.07) is 5.02. The molecule has 19 heavy (non-hydrogen) atoms. The van der Waals surface area contributed by atoms with E-state index in [2.05, 4.69) is 26.3 Å². The van der Waals surface area contributed by atoms with Crippen LogP contribution in [0.1, 0.15) is 18.5 Å². The van der Waals surface area contributed by atoms with Gasteiger partial charge in [-0.1, -0.05) is 17.7 Å². The Morgan fingerprint density at radius 2 is 2.26 bits per heavy atom. The topological polar surface area (TPSA) is 46.9 Å². The van der Waals surface area contributed by atoms with Crippen LogP contribution in [0.4, 0.5) is 5.69 Å². The zero-order valence-electron chi connectivity index (χ0n) is 10.5. The largest absolute Gasteiger partial charge is 0.324 e. The van der Waals surface area contributed by atoms with Gasteiger partial charge in [0.25, 0.3) is 0 Å². The molecule has 2 aromatic rings. The fraction of sp³-hybridized carbons (Fsp3) is 0.231. The van der Waals surface area contributed by atoms with Crippen LogP contribution in [-0.4, -0.2) is 15.7 Å². The minimum Gasteiger partial charge on any atom is -0.324 e. The number of rotatable bonds is 3. The first-order valence-corrected chi connectivity index (χ1v) is 6.92. The van der Waals surface area contributed by atoms with Crippen molar-refractivity contribution >= 4 is 39.1 Å². The van der Waals surface area contributed by atoms with Gasteiger partial charge in [0, 0.05) is 16.9 Å². The predicted octanol–water partition coefficient (Wildman–Crippen LogP) is 3.81. The summed E-state index contributed by atoms with van der Waals surface area (Å²) < 4.78 is 2.44. The molecule has 0 saturated carbocycles. The summed E-state index contributed by atoms with van der Waals surface area (Å²) in [4.78, 5) is 12.2. The number of nitrogens with zero attached hydrogens (tertiary/aromatic N) is 2. The van der Waals surface area contributed by atoms with Crippen molar-refractivity contribution in [3.05, 3.63) is 45.7 Å². The van der Waals surface area contributed by atoms with E-state index in [1.807, 2.05) is 13.0 Å². The molecular weight excluding hydrogens is 330 g/mol. The van der Waals surface area contributed by atoms with Gasteiger partial charge in [0.1, 0.15) is 6.04 Å². The number of benzene rings is 1. The Kier molecular flexibility index (Phi) is 4.27. The number of halogens is 2. The smallest absolute Gasteiger partial charge is 0.248 e. The molecule has 1 unspecified atom stereocenters. The summed E-state index contributed by atoms with van der Waals surface area (Å²) in [7, 11) is 0. The van der Waals surface area contributed by atoms with Crippen LogP contribution in [0.25, 0.3) is 0 Å². The molecule has 6 heteroatoms. The molecule has 1 amide bonds. The van der Waals surface area contributed by atoms with Gasteiger partial charge in [0.05, 0.1) is 10.7 Å². The number of amides is 1. The lowest BCUT2D eigenvalue weighted by Gasteiger charge is -2.14. The van der Waals surface area contributed by atoms with Gasteiger partial charge in [0.15, 0.2) is 0 Å². The van der Waals surface area contributed by atoms with Crippen molar-refractivity contribution in [3.63, 3.8) is 0 Å². The lowest BCUT2D eigenvalue weighted by molar-refractivity contribution is -0.119. The number of hydrogen-bond acceptors (Lipinski definition) is 2. The number of nitrogens with one attached hydrogen (secondary N) is 1. The highest BCUT2D eigenvalue weighted by atomic mass is 79.9. The lowest BCUT2D eigenvalue weighted by Crippen LogP contribution is -2.24. The Labute approximate surface area is 124 Å². The van der Waals surface area contributed by atoms with Gasteiger partial charge in [-0.05, 0) is 47.5 Å². The maximum Gasteiger partial charge on any atom is 0.248 e. The van der Waals surface area contributed by atoms with Crippen LogP contribution in [0.2, 0.25) is 5.02 Å². The third-order valence-corrected chi connectivity index (χ3v) is 3.69. The highest BCUT2D eigenvalue weighted by Crippen LogP contribution is 2.24. The summed E-state index contributed by atoms with van der Waals surface area (Å²) in [6.07, 6.45) is 3.41. The number of carbonyl (C=O) groups is 1. The molecule has 0 saturated heterocycles. The lowest BCUT2D eigenvalue weighted by atomic mass is 10.2. The van der Waals surface area contributed by atoms with Crippen LogP contribution in [0.15, 0.2) is 35.1 Å². The summed E-state index contributed by atoms with van der Waals surface area (Å²) in [6.45, 7) is 3.65. The maximum atomic E-state index is 12.2. The van der Waals surface area contributed by atoms with Gasteiger partial charge in [-0.2, -0.15) is 5.10 Å². The molecule has 1 heterocycles. The molecule has 0 aliphatic rings. The molecule has 0 aliphatic heterocycles. The van der Waals surface area contributed by atoms with E-state index in [1.165, 1.54) is 0 Å². The predicted molar refractivity (Wildman–Crippen MR) is 79.5 cm³/mol. The van der Waals surface area contributed by atoms with E-state index < -0.39 is 6.04 Å². The minimum absolute atomic E-state index is 0.138. The van der Waals surface area contributed by atoms with Crippen molar-refractivity contribution in [1.82, 2.24) is 9.78 Å². The van der Waals surface area contributed by atoms with Crippen LogP contribution in [-0.2, 0) is 4.79 Å². The Bertz CT molecular complexity index is 612. The van der Waals surface area contributed by atoms with E-state index >= 15 is 0 Å². The first-order valence-electron chi connectivity index (χ1n) is 5.74. The van der Waals surface area contributed by atoms with Crippen molar-refractivity contribution < 1.29 is 4.79 Å². The molecule has 100 valence electrons. The fourth-order valence-corrected chi connectivity index (χ4v) is 2.10. The maximum absolute atomic E-state index is 12.2. The zero-order chi connectivity index (χ0) is 14.0. The van der Waals surface area contributed by atoms with Crippen LogP contribution in [0, 0.1) is 6.92 Å². The highest BCUT2D eigenvalue weighted by Gasteiger charge is 2.16. The van der Waals surface area contributed by atoms with Crippen molar-refractivity contribution in [2.24, 2.45) is 0 Å². The van der Waals surface area contributed by atoms with E-state index in [0.29, 0.717) is 5.02 Å². The summed E-state index contributed by atoms with van der Waals surface area (Å²) in [5.74, 6) is -0.138. The molecule has 1 atom stereocenters. The van der Waals surface area contributed by atoms with E-state index in [1.54, 1.807) is 36.1 Å². The summed E-state index contributed by atoms with van der Waals surface area (Å²) in [5.41, 5.74) is 1.57. The first-order chi connectivity index (χ1) is 8.99. The van der Waals surface area contributed by atoms with Crippen molar-refractivity contribution in [2.45, 2.75) is 19.9 Å². The Morgan fingerprint density at radius 1 is 1.53 bits per heavy atom. The summed E-state index contributed by atoms with van der Waals surface area (Å²) in [5, 5.41) is 7.59. The van der Waals surface area contributed by atoms with Crippen LogP contribution in [0.5, 0.6) is 0 Å². The summed E-state index contributed by atoms with van der Waals surface area (Å²) >= 11 is 9.33. The Morgan fingerprint density at radius 3 is 2.89 bits per heavy atom. The molecule has 1 aromatic carbocycles. The Balaban J connectivity index is 2.15. The van der Waals surface area contributed by atoms with E-state index in [-0.39, 0.29) is 5.91 Å². The highest BCUT2D eigenvalue weighted by molar-refractivity contribution is 9.10. The van der Waals surface area contributed by atoms with Crippen molar-refractivity contribution in [1.29, 1.82) is 0 Å². The molecule has 1 aromatic heterocycles. The number of carbonyl (C=O) groups excluding carboxylic acids is 1. The van der Waals surface area contributed by atoms with Crippen molar-refractivity contribution in [3.8, 4) is 0 Å². The normalized spacial score (nSPS) is 12.2. The van der Waals surface area contributed by atoms with Crippen LogP contribution < -0.4 is 5.32 Å². The van der Waals surface area contributed by atoms with Crippen LogP contribution in [0.3, 0.4) is 0 Å². The average Bonchev–Trinajstić information content (AvgIpc) is 2.80. The minimum atomic E-state index is -0.398. The van der Waals surface area contributed by atoms with E-state index in [9.17, 15) is 4.79 Å².